The normalized spacial score (nSPS) is 12.2. The Bertz CT molecular complexity index is 1340. The van der Waals surface area contributed by atoms with Crippen molar-refractivity contribution in [2.24, 2.45) is 11.0 Å². The van der Waals surface area contributed by atoms with Gasteiger partial charge in [-0.1, -0.05) is 70.2 Å². The zero-order valence-electron chi connectivity index (χ0n) is 21.4. The molecule has 4 rings (SSSR count). The lowest BCUT2D eigenvalue weighted by molar-refractivity contribution is 0.0956. The van der Waals surface area contributed by atoms with E-state index in [0.29, 0.717) is 24.0 Å². The number of benzene rings is 3. The fourth-order valence-corrected chi connectivity index (χ4v) is 3.87. The van der Waals surface area contributed by atoms with Gasteiger partial charge in [0.05, 0.1) is 29.6 Å². The number of para-hydroxylation sites is 1. The number of carbonyl (C=O) groups is 1. The van der Waals surface area contributed by atoms with Gasteiger partial charge in [0.25, 0.3) is 5.91 Å². The van der Waals surface area contributed by atoms with E-state index in [1.54, 1.807) is 6.21 Å². The number of hydrogen-bond donors (Lipinski definition) is 1. The summed E-state index contributed by atoms with van der Waals surface area (Å²) in [7, 11) is 0. The van der Waals surface area contributed by atoms with E-state index in [0.717, 1.165) is 39.9 Å². The Morgan fingerprint density at radius 3 is 2.42 bits per heavy atom. The van der Waals surface area contributed by atoms with Gasteiger partial charge in [-0.25, -0.2) is 10.4 Å². The number of pyridine rings is 1. The molecule has 0 unspecified atom stereocenters. The van der Waals surface area contributed by atoms with Crippen LogP contribution in [0, 0.1) is 5.92 Å². The van der Waals surface area contributed by atoms with Crippen molar-refractivity contribution in [2.75, 3.05) is 6.61 Å². The number of hydrazone groups is 1. The molecule has 0 bridgehead atoms. The fourth-order valence-electron chi connectivity index (χ4n) is 3.87. The first-order valence-corrected chi connectivity index (χ1v) is 12.5. The van der Waals surface area contributed by atoms with Crippen LogP contribution < -0.4 is 10.2 Å². The minimum absolute atomic E-state index is 0.279. The Balaban J connectivity index is 1.53. The van der Waals surface area contributed by atoms with Crippen LogP contribution in [-0.4, -0.2) is 23.7 Å². The summed E-state index contributed by atoms with van der Waals surface area (Å²) in [5, 5.41) is 4.97. The molecule has 5 nitrogen and oxygen atoms in total. The topological polar surface area (TPSA) is 63.6 Å². The maximum Gasteiger partial charge on any atom is 0.272 e. The molecule has 1 aromatic heterocycles. The zero-order chi connectivity index (χ0) is 25.5. The summed E-state index contributed by atoms with van der Waals surface area (Å²) >= 11 is 0. The Hall–Kier alpha value is -3.99. The molecule has 0 fully saturated rings. The van der Waals surface area contributed by atoms with Gasteiger partial charge >= 0.3 is 0 Å². The van der Waals surface area contributed by atoms with Gasteiger partial charge in [-0.15, -0.1) is 0 Å². The van der Waals surface area contributed by atoms with Crippen LogP contribution in [0.1, 0.15) is 61.5 Å². The number of nitrogens with one attached hydrogen (secondary N) is 1. The molecule has 0 saturated carbocycles. The van der Waals surface area contributed by atoms with E-state index in [9.17, 15) is 4.79 Å². The molecule has 3 aromatic carbocycles. The molecule has 184 valence electrons. The maximum absolute atomic E-state index is 13.1. The number of carbonyl (C=O) groups excluding carboxylic acids is 1. The van der Waals surface area contributed by atoms with Gasteiger partial charge in [0.1, 0.15) is 5.75 Å². The molecular formula is C31H33N3O2. The van der Waals surface area contributed by atoms with E-state index >= 15 is 0 Å². The number of ether oxygens (including phenoxy) is 1. The number of nitrogens with zero attached hydrogens (tertiary/aromatic N) is 2. The largest absolute Gasteiger partial charge is 0.493 e. The van der Waals surface area contributed by atoms with E-state index in [2.05, 4.69) is 62.5 Å². The van der Waals surface area contributed by atoms with Crippen LogP contribution in [0.4, 0.5) is 0 Å². The van der Waals surface area contributed by atoms with Gasteiger partial charge in [-0.2, -0.15) is 5.10 Å². The maximum atomic E-state index is 13.1. The second kappa shape index (κ2) is 11.6. The van der Waals surface area contributed by atoms with Crippen molar-refractivity contribution in [1.82, 2.24) is 10.4 Å². The number of hydrogen-bond acceptors (Lipinski definition) is 4. The highest BCUT2D eigenvalue weighted by Crippen LogP contribution is 2.27. The Kier molecular flexibility index (Phi) is 8.11. The lowest BCUT2D eigenvalue weighted by Gasteiger charge is -2.11. The van der Waals surface area contributed by atoms with Crippen LogP contribution in [0.25, 0.3) is 22.2 Å². The van der Waals surface area contributed by atoms with Crippen LogP contribution in [0.3, 0.4) is 0 Å². The van der Waals surface area contributed by atoms with E-state index in [1.165, 1.54) is 5.56 Å². The fraction of sp³-hybridized carbons (Fsp3) is 0.258. The summed E-state index contributed by atoms with van der Waals surface area (Å²) in [6, 6.07) is 25.6. The van der Waals surface area contributed by atoms with Crippen LogP contribution in [0.15, 0.2) is 84.0 Å². The first kappa shape index (κ1) is 25.1. The first-order chi connectivity index (χ1) is 17.4. The highest BCUT2D eigenvalue weighted by molar-refractivity contribution is 6.07. The van der Waals surface area contributed by atoms with Gasteiger partial charge in [0.15, 0.2) is 0 Å². The minimum Gasteiger partial charge on any atom is -0.493 e. The van der Waals surface area contributed by atoms with Crippen LogP contribution >= 0.6 is 0 Å². The number of rotatable bonds is 9. The number of fused-ring (bicyclic) bond motifs is 1. The number of aromatic nitrogens is 1. The standard InChI is InChI=1S/C31H33N3O2/c1-5-22(4)24-12-14-25(15-13-24)30-18-28(27-8-6-7-9-29(27)33-30)31(35)34-32-19-23-10-16-26(17-11-23)36-20-21(2)3/h6-19,21-22H,5,20H2,1-4H3,(H,34,35)/b32-19-/t22-/m1/s1. The predicted octanol–water partition coefficient (Wildman–Crippen LogP) is 7.21. The molecule has 1 heterocycles. The third-order valence-electron chi connectivity index (χ3n) is 6.19. The van der Waals surface area contributed by atoms with Crippen molar-refractivity contribution in [3.8, 4) is 17.0 Å². The summed E-state index contributed by atoms with van der Waals surface area (Å²) in [4.78, 5) is 18.0. The predicted molar refractivity (Wildman–Crippen MR) is 148 cm³/mol. The van der Waals surface area contributed by atoms with Gasteiger partial charge in [0, 0.05) is 10.9 Å². The third-order valence-corrected chi connectivity index (χ3v) is 6.19. The second-order valence-corrected chi connectivity index (χ2v) is 9.48. The molecule has 1 amide bonds. The summed E-state index contributed by atoms with van der Waals surface area (Å²) in [5.74, 6) is 1.51. The van der Waals surface area contributed by atoms with Gasteiger partial charge in [0.2, 0.25) is 0 Å². The van der Waals surface area contributed by atoms with E-state index in [4.69, 9.17) is 9.72 Å². The molecule has 0 aliphatic rings. The Morgan fingerprint density at radius 2 is 1.72 bits per heavy atom. The molecule has 0 radical (unpaired) electrons. The van der Waals surface area contributed by atoms with Gasteiger partial charge in [-0.3, -0.25) is 4.79 Å². The van der Waals surface area contributed by atoms with Crippen molar-refractivity contribution < 1.29 is 9.53 Å². The van der Waals surface area contributed by atoms with Crippen molar-refractivity contribution in [1.29, 1.82) is 0 Å². The lowest BCUT2D eigenvalue weighted by Crippen LogP contribution is -2.18. The molecule has 0 aliphatic carbocycles. The molecule has 4 aromatic rings. The summed E-state index contributed by atoms with van der Waals surface area (Å²) in [6.45, 7) is 9.31. The highest BCUT2D eigenvalue weighted by atomic mass is 16.5. The van der Waals surface area contributed by atoms with Crippen molar-refractivity contribution >= 4 is 23.0 Å². The summed E-state index contributed by atoms with van der Waals surface area (Å²) in [5.41, 5.74) is 7.89. The Labute approximate surface area is 213 Å². The summed E-state index contributed by atoms with van der Waals surface area (Å²) in [6.07, 6.45) is 2.72. The minimum atomic E-state index is -0.279. The molecule has 0 spiro atoms. The molecule has 5 heteroatoms. The Morgan fingerprint density at radius 1 is 1.00 bits per heavy atom. The molecule has 1 atom stereocenters. The summed E-state index contributed by atoms with van der Waals surface area (Å²) < 4.78 is 5.72. The smallest absolute Gasteiger partial charge is 0.272 e. The second-order valence-electron chi connectivity index (χ2n) is 9.48. The van der Waals surface area contributed by atoms with Crippen LogP contribution in [-0.2, 0) is 0 Å². The van der Waals surface area contributed by atoms with Crippen molar-refractivity contribution in [3.05, 3.63) is 95.6 Å². The van der Waals surface area contributed by atoms with E-state index in [-0.39, 0.29) is 5.91 Å². The zero-order valence-corrected chi connectivity index (χ0v) is 21.4. The van der Waals surface area contributed by atoms with Crippen LogP contribution in [0.2, 0.25) is 0 Å². The highest BCUT2D eigenvalue weighted by Gasteiger charge is 2.14. The van der Waals surface area contributed by atoms with Gasteiger partial charge < -0.3 is 4.74 Å². The molecule has 0 aliphatic heterocycles. The quantitative estimate of drug-likeness (QED) is 0.204. The number of amides is 1. The SMILES string of the molecule is CC[C@@H](C)c1ccc(-c2cc(C(=O)N/N=C\c3ccc(OCC(C)C)cc3)c3ccccc3n2)cc1. The molecule has 0 saturated heterocycles. The lowest BCUT2D eigenvalue weighted by atomic mass is 9.96. The van der Waals surface area contributed by atoms with Crippen LogP contribution in [0.5, 0.6) is 5.75 Å². The van der Waals surface area contributed by atoms with Gasteiger partial charge in [-0.05, 0) is 65.8 Å². The molecule has 36 heavy (non-hydrogen) atoms. The van der Waals surface area contributed by atoms with E-state index in [1.807, 2.05) is 54.6 Å². The molecular weight excluding hydrogens is 446 g/mol. The van der Waals surface area contributed by atoms with E-state index < -0.39 is 0 Å². The average Bonchev–Trinajstić information content (AvgIpc) is 2.91. The monoisotopic (exact) mass is 479 g/mol. The molecule has 1 N–H and O–H groups in total. The first-order valence-electron chi connectivity index (χ1n) is 12.5. The average molecular weight is 480 g/mol. The van der Waals surface area contributed by atoms with Crippen molar-refractivity contribution in [3.63, 3.8) is 0 Å². The third kappa shape index (κ3) is 6.16. The van der Waals surface area contributed by atoms with Crippen molar-refractivity contribution in [2.45, 2.75) is 40.0 Å².